The number of fused-ring (bicyclic) bond motifs is 1. The zero-order valence-corrected chi connectivity index (χ0v) is 18.3. The molecule has 1 aliphatic heterocycles. The fraction of sp³-hybridized carbons (Fsp3) is 0.591. The Bertz CT molecular complexity index is 922. The number of carbonyl (C=O) groups is 1. The predicted molar refractivity (Wildman–Crippen MR) is 113 cm³/mol. The summed E-state index contributed by atoms with van der Waals surface area (Å²) in [6.07, 6.45) is 2.83. The molecule has 1 N–H and O–H groups in total. The third-order valence-corrected chi connectivity index (χ3v) is 6.10. The van der Waals surface area contributed by atoms with Crippen LogP contribution in [0.25, 0.3) is 0 Å². The van der Waals surface area contributed by atoms with E-state index < -0.39 is 0 Å². The molecule has 1 aromatic heterocycles. The van der Waals surface area contributed by atoms with E-state index in [-0.39, 0.29) is 17.9 Å². The van der Waals surface area contributed by atoms with Gasteiger partial charge >= 0.3 is 0 Å². The van der Waals surface area contributed by atoms with Gasteiger partial charge in [-0.15, -0.1) is 10.2 Å². The Morgan fingerprint density at radius 2 is 2.00 bits per heavy atom. The third-order valence-electron chi connectivity index (χ3n) is 6.10. The normalized spacial score (nSPS) is 17.7. The number of benzene rings is 1. The second-order valence-electron chi connectivity index (χ2n) is 8.24. The molecule has 4 rings (SSSR count). The first-order valence-corrected chi connectivity index (χ1v) is 10.7. The minimum absolute atomic E-state index is 0.129. The van der Waals surface area contributed by atoms with Crippen molar-refractivity contribution in [2.45, 2.75) is 52.2 Å². The van der Waals surface area contributed by atoms with E-state index in [1.807, 2.05) is 19.9 Å². The lowest BCUT2D eigenvalue weighted by Crippen LogP contribution is -2.31. The van der Waals surface area contributed by atoms with Crippen LogP contribution < -0.4 is 14.8 Å². The van der Waals surface area contributed by atoms with Crippen molar-refractivity contribution in [1.82, 2.24) is 25.0 Å². The van der Waals surface area contributed by atoms with Gasteiger partial charge < -0.3 is 19.4 Å². The first-order valence-electron chi connectivity index (χ1n) is 10.7. The van der Waals surface area contributed by atoms with Crippen LogP contribution in [0.5, 0.6) is 11.5 Å². The van der Waals surface area contributed by atoms with E-state index in [0.717, 1.165) is 79.7 Å². The quantitative estimate of drug-likeness (QED) is 0.750. The van der Waals surface area contributed by atoms with Gasteiger partial charge in [0.15, 0.2) is 5.82 Å². The number of hydrogen-bond donors (Lipinski definition) is 1. The smallest absolute Gasteiger partial charge is 0.223 e. The fourth-order valence-corrected chi connectivity index (χ4v) is 4.21. The highest BCUT2D eigenvalue weighted by Crippen LogP contribution is 2.32. The summed E-state index contributed by atoms with van der Waals surface area (Å²) in [7, 11) is 3.38. The van der Waals surface area contributed by atoms with Gasteiger partial charge in [-0.3, -0.25) is 9.69 Å². The molecule has 0 bridgehead atoms. The highest BCUT2D eigenvalue weighted by Gasteiger charge is 2.31. The average molecular weight is 414 g/mol. The maximum absolute atomic E-state index is 12.1. The Morgan fingerprint density at radius 3 is 2.70 bits per heavy atom. The molecule has 1 atom stereocenters. The monoisotopic (exact) mass is 413 g/mol. The van der Waals surface area contributed by atoms with Gasteiger partial charge in [0.2, 0.25) is 5.91 Å². The summed E-state index contributed by atoms with van der Waals surface area (Å²) in [6.45, 7) is 7.40. The Labute approximate surface area is 177 Å². The molecule has 1 aliphatic carbocycles. The van der Waals surface area contributed by atoms with Crippen LogP contribution >= 0.6 is 0 Å². The van der Waals surface area contributed by atoms with Crippen LogP contribution in [0.3, 0.4) is 0 Å². The fourth-order valence-electron chi connectivity index (χ4n) is 4.21. The van der Waals surface area contributed by atoms with Gasteiger partial charge in [0.1, 0.15) is 17.3 Å². The average Bonchev–Trinajstić information content (AvgIpc) is 3.53. The van der Waals surface area contributed by atoms with E-state index in [4.69, 9.17) is 9.47 Å². The van der Waals surface area contributed by atoms with Crippen molar-refractivity contribution in [2.75, 3.05) is 27.3 Å². The number of nitrogens with zero attached hydrogens (tertiary/aromatic N) is 4. The molecule has 2 aliphatic rings. The summed E-state index contributed by atoms with van der Waals surface area (Å²) in [5.74, 6) is 3.88. The molecule has 30 heavy (non-hydrogen) atoms. The summed E-state index contributed by atoms with van der Waals surface area (Å²) in [5, 5.41) is 11.9. The van der Waals surface area contributed by atoms with Crippen LogP contribution in [0.15, 0.2) is 12.1 Å². The van der Waals surface area contributed by atoms with Crippen molar-refractivity contribution < 1.29 is 14.3 Å². The van der Waals surface area contributed by atoms with E-state index >= 15 is 0 Å². The van der Waals surface area contributed by atoms with E-state index in [1.165, 1.54) is 0 Å². The minimum atomic E-state index is -0.129. The van der Waals surface area contributed by atoms with Gasteiger partial charge in [-0.1, -0.05) is 6.07 Å². The van der Waals surface area contributed by atoms with Gasteiger partial charge in [0.05, 0.1) is 20.3 Å². The molecule has 1 amide bonds. The van der Waals surface area contributed by atoms with E-state index in [1.54, 1.807) is 14.2 Å². The summed E-state index contributed by atoms with van der Waals surface area (Å²) in [4.78, 5) is 14.6. The summed E-state index contributed by atoms with van der Waals surface area (Å²) >= 11 is 0. The van der Waals surface area contributed by atoms with E-state index in [2.05, 4.69) is 31.0 Å². The lowest BCUT2D eigenvalue weighted by atomic mass is 10.1. The Kier molecular flexibility index (Phi) is 5.94. The molecule has 162 valence electrons. The number of carbonyl (C=O) groups excluding carboxylic acids is 1. The van der Waals surface area contributed by atoms with Crippen LogP contribution in [0, 0.1) is 12.8 Å². The van der Waals surface area contributed by atoms with Crippen molar-refractivity contribution in [3.8, 4) is 11.5 Å². The Hall–Kier alpha value is -2.61. The predicted octanol–water partition coefficient (Wildman–Crippen LogP) is 2.25. The highest BCUT2D eigenvalue weighted by molar-refractivity contribution is 5.81. The second kappa shape index (κ2) is 8.63. The van der Waals surface area contributed by atoms with Gasteiger partial charge in [-0.2, -0.15) is 0 Å². The summed E-state index contributed by atoms with van der Waals surface area (Å²) in [5.41, 5.74) is 2.17. The van der Waals surface area contributed by atoms with Gasteiger partial charge in [0.25, 0.3) is 0 Å². The maximum atomic E-state index is 12.1. The molecule has 1 saturated carbocycles. The topological polar surface area (TPSA) is 81.5 Å². The lowest BCUT2D eigenvalue weighted by Gasteiger charge is -2.22. The van der Waals surface area contributed by atoms with Crippen LogP contribution in [-0.2, 0) is 24.3 Å². The molecule has 8 nitrogen and oxygen atoms in total. The molecule has 0 spiro atoms. The van der Waals surface area contributed by atoms with Crippen molar-refractivity contribution in [1.29, 1.82) is 0 Å². The Balaban J connectivity index is 1.44. The molecule has 2 aromatic rings. The highest BCUT2D eigenvalue weighted by atomic mass is 16.5. The van der Waals surface area contributed by atoms with Crippen LogP contribution in [-0.4, -0.2) is 52.9 Å². The van der Waals surface area contributed by atoms with Gasteiger partial charge in [0, 0.05) is 49.6 Å². The Morgan fingerprint density at radius 1 is 1.20 bits per heavy atom. The number of hydrogen-bond acceptors (Lipinski definition) is 6. The van der Waals surface area contributed by atoms with Crippen LogP contribution in [0.1, 0.15) is 48.6 Å². The minimum Gasteiger partial charge on any atom is -0.496 e. The molecule has 1 fully saturated rings. The molecule has 1 aromatic carbocycles. The number of ether oxygens (including phenoxy) is 2. The second-order valence-corrected chi connectivity index (χ2v) is 8.24. The largest absolute Gasteiger partial charge is 0.496 e. The molecular formula is C22H31N5O3. The van der Waals surface area contributed by atoms with Gasteiger partial charge in [-0.25, -0.2) is 0 Å². The molecule has 0 saturated heterocycles. The first kappa shape index (κ1) is 20.7. The van der Waals surface area contributed by atoms with Crippen molar-refractivity contribution in [3.63, 3.8) is 0 Å². The molecule has 0 radical (unpaired) electrons. The zero-order valence-electron chi connectivity index (χ0n) is 18.3. The van der Waals surface area contributed by atoms with Gasteiger partial charge in [-0.05, 0) is 32.8 Å². The maximum Gasteiger partial charge on any atom is 0.223 e. The van der Waals surface area contributed by atoms with Crippen molar-refractivity contribution >= 4 is 5.91 Å². The first-order chi connectivity index (χ1) is 14.5. The third kappa shape index (κ3) is 4.14. The molecule has 0 unspecified atom stereocenters. The number of nitrogens with one attached hydrogen (secondary N) is 1. The SMILES string of the molecule is COc1ccc(CN2CCc3nnc([C@@H](C)NC(=O)C4CC4)n3CC2)c(OC)c1C. The van der Waals surface area contributed by atoms with Crippen LogP contribution in [0.2, 0.25) is 0 Å². The zero-order chi connectivity index (χ0) is 21.3. The number of aromatic nitrogens is 3. The summed E-state index contributed by atoms with van der Waals surface area (Å²) < 4.78 is 13.3. The van der Waals surface area contributed by atoms with E-state index in [0.29, 0.717) is 0 Å². The molecule has 2 heterocycles. The standard InChI is InChI=1S/C22H31N5O3/c1-14-18(29-3)8-7-17(20(14)30-4)13-26-10-9-19-24-25-21(27(19)12-11-26)15(2)23-22(28)16-5-6-16/h7-8,15-16H,5-6,9-13H2,1-4H3,(H,23,28)/t15-/m1/s1. The molecule has 8 heteroatoms. The number of rotatable bonds is 7. The lowest BCUT2D eigenvalue weighted by molar-refractivity contribution is -0.123. The number of methoxy groups -OCH3 is 2. The van der Waals surface area contributed by atoms with E-state index in [9.17, 15) is 4.79 Å². The van der Waals surface area contributed by atoms with Crippen molar-refractivity contribution in [2.24, 2.45) is 5.92 Å². The van der Waals surface area contributed by atoms with Crippen LogP contribution in [0.4, 0.5) is 0 Å². The molecular weight excluding hydrogens is 382 g/mol. The summed E-state index contributed by atoms with van der Waals surface area (Å²) in [6, 6.07) is 3.95. The van der Waals surface area contributed by atoms with Crippen molar-refractivity contribution in [3.05, 3.63) is 34.9 Å². The number of amides is 1.